The fraction of sp³-hybridized carbons (Fsp3) is 0.429. The minimum absolute atomic E-state index is 0.116. The highest BCUT2D eigenvalue weighted by atomic mass is 32.1. The molecule has 1 amide bonds. The van der Waals surface area contributed by atoms with Crippen LogP contribution in [0.3, 0.4) is 0 Å². The highest BCUT2D eigenvalue weighted by Crippen LogP contribution is 2.27. The Bertz CT molecular complexity index is 1050. The van der Waals surface area contributed by atoms with Crippen LogP contribution in [-0.4, -0.2) is 36.8 Å². The van der Waals surface area contributed by atoms with Crippen molar-refractivity contribution in [3.8, 4) is 11.4 Å². The van der Waals surface area contributed by atoms with E-state index in [0.717, 1.165) is 55.3 Å². The third-order valence-electron chi connectivity index (χ3n) is 5.40. The summed E-state index contributed by atoms with van der Waals surface area (Å²) in [6.07, 6.45) is 4.89. The van der Waals surface area contributed by atoms with Crippen LogP contribution in [0.4, 0.5) is 0 Å². The third kappa shape index (κ3) is 4.03. The number of aromatic nitrogens is 5. The highest BCUT2D eigenvalue weighted by Gasteiger charge is 2.24. The molecule has 0 atom stereocenters. The molecule has 0 saturated heterocycles. The van der Waals surface area contributed by atoms with Crippen LogP contribution in [-0.2, 0) is 25.9 Å². The van der Waals surface area contributed by atoms with E-state index in [1.807, 2.05) is 29.7 Å². The quantitative estimate of drug-likeness (QED) is 0.609. The molecular weight excluding hydrogens is 384 g/mol. The number of rotatable bonds is 6. The molecule has 0 fully saturated rings. The van der Waals surface area contributed by atoms with Gasteiger partial charge >= 0.3 is 0 Å². The van der Waals surface area contributed by atoms with Crippen molar-refractivity contribution < 1.29 is 4.79 Å². The fourth-order valence-electron chi connectivity index (χ4n) is 3.95. The largest absolute Gasteiger partial charge is 0.350 e. The second kappa shape index (κ2) is 8.73. The van der Waals surface area contributed by atoms with Gasteiger partial charge in [0.2, 0.25) is 0 Å². The van der Waals surface area contributed by atoms with Gasteiger partial charge in [-0.05, 0) is 38.4 Å². The molecular formula is C21H26N6OS. The van der Waals surface area contributed by atoms with Gasteiger partial charge in [0.15, 0.2) is 4.77 Å². The van der Waals surface area contributed by atoms with Crippen LogP contribution in [0.15, 0.2) is 30.3 Å². The normalized spacial score (nSPS) is 13.7. The lowest BCUT2D eigenvalue weighted by Gasteiger charge is -2.09. The summed E-state index contributed by atoms with van der Waals surface area (Å²) in [4.78, 5) is 17.8. The maximum atomic E-state index is 13.0. The molecule has 8 heteroatoms. The van der Waals surface area contributed by atoms with E-state index >= 15 is 0 Å². The van der Waals surface area contributed by atoms with E-state index in [1.165, 1.54) is 6.42 Å². The lowest BCUT2D eigenvalue weighted by atomic mass is 10.1. The number of imidazole rings is 1. The van der Waals surface area contributed by atoms with Gasteiger partial charge in [0.05, 0.1) is 5.69 Å². The Labute approximate surface area is 175 Å². The molecule has 0 unspecified atom stereocenters. The van der Waals surface area contributed by atoms with Gasteiger partial charge in [0, 0.05) is 31.6 Å². The lowest BCUT2D eigenvalue weighted by molar-refractivity contribution is 0.0948. The van der Waals surface area contributed by atoms with Gasteiger partial charge in [-0.1, -0.05) is 36.8 Å². The SMILES string of the molecule is CCn1c(CCNC(=O)c2nc(-c3ccccc3)n3c2CCCCC3)n[nH]c1=S. The molecule has 1 aliphatic rings. The zero-order valence-corrected chi connectivity index (χ0v) is 17.5. The summed E-state index contributed by atoms with van der Waals surface area (Å²) >= 11 is 5.22. The molecule has 0 spiro atoms. The summed E-state index contributed by atoms with van der Waals surface area (Å²) in [5.74, 6) is 1.63. The Morgan fingerprint density at radius 1 is 1.24 bits per heavy atom. The zero-order valence-electron chi connectivity index (χ0n) is 16.6. The van der Waals surface area contributed by atoms with Crippen molar-refractivity contribution in [2.45, 2.75) is 52.1 Å². The average Bonchev–Trinajstić information content (AvgIpc) is 3.18. The number of amides is 1. The van der Waals surface area contributed by atoms with Crippen molar-refractivity contribution in [1.82, 2.24) is 29.6 Å². The zero-order chi connectivity index (χ0) is 20.2. The highest BCUT2D eigenvalue weighted by molar-refractivity contribution is 7.71. The summed E-state index contributed by atoms with van der Waals surface area (Å²) in [6.45, 7) is 4.18. The number of nitrogens with zero attached hydrogens (tertiary/aromatic N) is 4. The van der Waals surface area contributed by atoms with Crippen LogP contribution < -0.4 is 5.32 Å². The number of fused-ring (bicyclic) bond motifs is 1. The van der Waals surface area contributed by atoms with Gasteiger partial charge < -0.3 is 14.5 Å². The number of carbonyl (C=O) groups is 1. The summed E-state index contributed by atoms with van der Waals surface area (Å²) in [6, 6.07) is 10.1. The van der Waals surface area contributed by atoms with Crippen molar-refractivity contribution in [3.63, 3.8) is 0 Å². The molecule has 4 rings (SSSR count). The number of hydrogen-bond acceptors (Lipinski definition) is 4. The van der Waals surface area contributed by atoms with Gasteiger partial charge in [-0.2, -0.15) is 5.10 Å². The van der Waals surface area contributed by atoms with Crippen molar-refractivity contribution in [2.75, 3.05) is 6.54 Å². The summed E-state index contributed by atoms with van der Waals surface area (Å²) in [7, 11) is 0. The van der Waals surface area contributed by atoms with Crippen molar-refractivity contribution in [2.24, 2.45) is 0 Å². The molecule has 3 heterocycles. The summed E-state index contributed by atoms with van der Waals surface area (Å²) in [5, 5.41) is 10.1. The van der Waals surface area contributed by atoms with Crippen molar-refractivity contribution in [1.29, 1.82) is 0 Å². The predicted octanol–water partition coefficient (Wildman–Crippen LogP) is 3.52. The number of carbonyl (C=O) groups excluding carboxylic acids is 1. The van der Waals surface area contributed by atoms with E-state index in [4.69, 9.17) is 17.2 Å². The maximum absolute atomic E-state index is 13.0. The Morgan fingerprint density at radius 3 is 2.86 bits per heavy atom. The minimum Gasteiger partial charge on any atom is -0.350 e. The Morgan fingerprint density at radius 2 is 2.07 bits per heavy atom. The van der Waals surface area contributed by atoms with Crippen LogP contribution in [0.5, 0.6) is 0 Å². The molecule has 152 valence electrons. The fourth-order valence-corrected chi connectivity index (χ4v) is 4.23. The van der Waals surface area contributed by atoms with E-state index in [9.17, 15) is 4.79 Å². The van der Waals surface area contributed by atoms with Crippen LogP contribution in [0.1, 0.15) is 48.2 Å². The van der Waals surface area contributed by atoms with E-state index in [0.29, 0.717) is 23.4 Å². The lowest BCUT2D eigenvalue weighted by Crippen LogP contribution is -2.28. The van der Waals surface area contributed by atoms with Gasteiger partial charge in [0.1, 0.15) is 17.3 Å². The second-order valence-corrected chi connectivity index (χ2v) is 7.64. The Kier molecular flexibility index (Phi) is 5.89. The molecule has 1 aliphatic heterocycles. The minimum atomic E-state index is -0.116. The van der Waals surface area contributed by atoms with E-state index in [-0.39, 0.29) is 5.91 Å². The number of nitrogens with one attached hydrogen (secondary N) is 2. The van der Waals surface area contributed by atoms with Crippen LogP contribution in [0.25, 0.3) is 11.4 Å². The molecule has 0 aliphatic carbocycles. The molecule has 2 N–H and O–H groups in total. The number of aromatic amines is 1. The van der Waals surface area contributed by atoms with E-state index in [2.05, 4.69) is 32.2 Å². The van der Waals surface area contributed by atoms with Crippen LogP contribution in [0, 0.1) is 4.77 Å². The first-order chi connectivity index (χ1) is 14.2. The molecule has 0 bridgehead atoms. The van der Waals surface area contributed by atoms with E-state index in [1.54, 1.807) is 0 Å². The first kappa shape index (κ1) is 19.6. The molecule has 3 aromatic rings. The molecule has 0 radical (unpaired) electrons. The molecule has 7 nitrogen and oxygen atoms in total. The van der Waals surface area contributed by atoms with Crippen molar-refractivity contribution in [3.05, 3.63) is 52.3 Å². The van der Waals surface area contributed by atoms with Crippen LogP contribution in [0.2, 0.25) is 0 Å². The van der Waals surface area contributed by atoms with Crippen molar-refractivity contribution >= 4 is 18.1 Å². The monoisotopic (exact) mass is 410 g/mol. The Hall–Kier alpha value is -2.74. The van der Waals surface area contributed by atoms with Gasteiger partial charge in [-0.25, -0.2) is 4.98 Å². The van der Waals surface area contributed by atoms with Crippen LogP contribution >= 0.6 is 12.2 Å². The average molecular weight is 411 g/mol. The summed E-state index contributed by atoms with van der Waals surface area (Å²) in [5.41, 5.74) is 2.66. The smallest absolute Gasteiger partial charge is 0.271 e. The molecule has 0 saturated carbocycles. The summed E-state index contributed by atoms with van der Waals surface area (Å²) < 4.78 is 4.79. The molecule has 29 heavy (non-hydrogen) atoms. The number of hydrogen-bond donors (Lipinski definition) is 2. The second-order valence-electron chi connectivity index (χ2n) is 7.25. The molecule has 2 aromatic heterocycles. The number of benzene rings is 1. The molecule has 1 aromatic carbocycles. The van der Waals surface area contributed by atoms with Gasteiger partial charge in [0.25, 0.3) is 5.91 Å². The van der Waals surface area contributed by atoms with E-state index < -0.39 is 0 Å². The van der Waals surface area contributed by atoms with Gasteiger partial charge in [-0.3, -0.25) is 9.89 Å². The first-order valence-electron chi connectivity index (χ1n) is 10.3. The first-order valence-corrected chi connectivity index (χ1v) is 10.7. The third-order valence-corrected chi connectivity index (χ3v) is 5.71. The standard InChI is InChI=1S/C21H26N6OS/c1-2-26-17(24-25-21(26)29)12-13-22-20(28)18-16-11-7-4-8-14-27(16)19(23-18)15-9-5-3-6-10-15/h3,5-6,9-10H,2,4,7-8,11-14H2,1H3,(H,22,28)(H,25,29). The van der Waals surface area contributed by atoms with Gasteiger partial charge in [-0.15, -0.1) is 0 Å². The Balaban J connectivity index is 1.55. The maximum Gasteiger partial charge on any atom is 0.271 e. The topological polar surface area (TPSA) is 80.5 Å². The predicted molar refractivity (Wildman–Crippen MR) is 114 cm³/mol. The number of H-pyrrole nitrogens is 1.